The zero-order valence-corrected chi connectivity index (χ0v) is 12.5. The Bertz CT molecular complexity index is 417. The molecule has 2 nitrogen and oxygen atoms in total. The van der Waals surface area contributed by atoms with Crippen LogP contribution in [0.2, 0.25) is 0 Å². The molecule has 0 amide bonds. The van der Waals surface area contributed by atoms with Gasteiger partial charge in [0.25, 0.3) is 0 Å². The van der Waals surface area contributed by atoms with E-state index in [9.17, 15) is 0 Å². The fraction of sp³-hybridized carbons (Fsp3) is 0.533. The Morgan fingerprint density at radius 3 is 2.61 bits per heavy atom. The van der Waals surface area contributed by atoms with Crippen molar-refractivity contribution >= 4 is 17.2 Å². The van der Waals surface area contributed by atoms with Crippen LogP contribution in [0.4, 0.5) is 0 Å². The van der Waals surface area contributed by atoms with E-state index in [4.69, 9.17) is 22.7 Å². The molecule has 100 valence electrons. The van der Waals surface area contributed by atoms with E-state index >= 15 is 0 Å². The molecule has 3 heteroatoms. The van der Waals surface area contributed by atoms with Crippen LogP contribution in [-0.4, -0.2) is 11.6 Å². The molecule has 0 aliphatic rings. The van der Waals surface area contributed by atoms with Gasteiger partial charge >= 0.3 is 0 Å². The number of benzene rings is 1. The van der Waals surface area contributed by atoms with Gasteiger partial charge in [-0.15, -0.1) is 0 Å². The van der Waals surface area contributed by atoms with Gasteiger partial charge in [0, 0.05) is 5.92 Å². The number of hydrogen-bond donors (Lipinski definition) is 1. The largest absolute Gasteiger partial charge is 0.493 e. The summed E-state index contributed by atoms with van der Waals surface area (Å²) in [5.74, 6) is 1.40. The molecule has 18 heavy (non-hydrogen) atoms. The van der Waals surface area contributed by atoms with Crippen LogP contribution in [0.15, 0.2) is 18.2 Å². The average molecular weight is 265 g/mol. The standard InChI is InChI=1S/C15H23NOS/c1-5-8-17-14-7-6-10(2)9-13(14)11(3)12(4)15(16)18/h6-7,9,11-12H,5,8H2,1-4H3,(H2,16,18). The average Bonchev–Trinajstić information content (AvgIpc) is 2.35. The Morgan fingerprint density at radius 2 is 2.06 bits per heavy atom. The summed E-state index contributed by atoms with van der Waals surface area (Å²) in [6.45, 7) is 9.15. The predicted molar refractivity (Wildman–Crippen MR) is 81.3 cm³/mol. The number of nitrogens with two attached hydrogens (primary N) is 1. The van der Waals surface area contributed by atoms with E-state index < -0.39 is 0 Å². The van der Waals surface area contributed by atoms with Crippen LogP contribution in [0.1, 0.15) is 44.2 Å². The summed E-state index contributed by atoms with van der Waals surface area (Å²) in [6.07, 6.45) is 1.01. The topological polar surface area (TPSA) is 35.2 Å². The molecule has 2 atom stereocenters. The number of ether oxygens (including phenoxy) is 1. The monoisotopic (exact) mass is 265 g/mol. The van der Waals surface area contributed by atoms with Gasteiger partial charge in [-0.1, -0.05) is 50.7 Å². The van der Waals surface area contributed by atoms with Crippen LogP contribution in [-0.2, 0) is 0 Å². The van der Waals surface area contributed by atoms with E-state index in [0.717, 1.165) is 18.8 Å². The Hall–Kier alpha value is -1.09. The third-order valence-corrected chi connectivity index (χ3v) is 3.69. The van der Waals surface area contributed by atoms with Crippen molar-refractivity contribution in [3.63, 3.8) is 0 Å². The first-order valence-corrected chi connectivity index (χ1v) is 6.90. The maximum absolute atomic E-state index is 5.81. The highest BCUT2D eigenvalue weighted by atomic mass is 32.1. The van der Waals surface area contributed by atoms with Crippen molar-refractivity contribution in [2.24, 2.45) is 11.7 Å². The summed E-state index contributed by atoms with van der Waals surface area (Å²) in [5, 5.41) is 0. The molecule has 0 heterocycles. The summed E-state index contributed by atoms with van der Waals surface area (Å²) in [4.78, 5) is 0.561. The molecule has 1 aromatic rings. The lowest BCUT2D eigenvalue weighted by molar-refractivity contribution is 0.311. The highest BCUT2D eigenvalue weighted by molar-refractivity contribution is 7.80. The van der Waals surface area contributed by atoms with Crippen molar-refractivity contribution < 1.29 is 4.74 Å². The Labute approximate surface area is 116 Å². The van der Waals surface area contributed by atoms with Crippen LogP contribution < -0.4 is 10.5 Å². The smallest absolute Gasteiger partial charge is 0.122 e. The third-order valence-electron chi connectivity index (χ3n) is 3.32. The van der Waals surface area contributed by atoms with E-state index in [1.807, 2.05) is 6.07 Å². The molecule has 0 spiro atoms. The van der Waals surface area contributed by atoms with Gasteiger partial charge in [0.2, 0.25) is 0 Å². The third kappa shape index (κ3) is 3.70. The minimum atomic E-state index is 0.172. The molecule has 0 aliphatic carbocycles. The van der Waals surface area contributed by atoms with E-state index in [0.29, 0.717) is 4.99 Å². The highest BCUT2D eigenvalue weighted by Gasteiger charge is 2.20. The minimum absolute atomic E-state index is 0.172. The lowest BCUT2D eigenvalue weighted by Gasteiger charge is -2.22. The Balaban J connectivity index is 3.03. The van der Waals surface area contributed by atoms with Crippen LogP contribution in [0.3, 0.4) is 0 Å². The van der Waals surface area contributed by atoms with Crippen molar-refractivity contribution in [2.45, 2.75) is 40.0 Å². The summed E-state index contributed by atoms with van der Waals surface area (Å²) in [6, 6.07) is 6.29. The summed E-state index contributed by atoms with van der Waals surface area (Å²) >= 11 is 5.09. The second-order valence-electron chi connectivity index (χ2n) is 4.87. The first-order valence-electron chi connectivity index (χ1n) is 6.50. The Morgan fingerprint density at radius 1 is 1.39 bits per heavy atom. The minimum Gasteiger partial charge on any atom is -0.493 e. The summed E-state index contributed by atoms with van der Waals surface area (Å²) < 4.78 is 5.81. The van der Waals surface area contributed by atoms with Gasteiger partial charge in [-0.3, -0.25) is 0 Å². The van der Waals surface area contributed by atoms with Gasteiger partial charge in [0.15, 0.2) is 0 Å². The molecule has 0 aromatic heterocycles. The molecule has 1 rings (SSSR count). The number of aryl methyl sites for hydroxylation is 1. The molecular formula is C15H23NOS. The van der Waals surface area contributed by atoms with E-state index in [1.54, 1.807) is 0 Å². The fourth-order valence-corrected chi connectivity index (χ4v) is 2.09. The Kier molecular flexibility index (Phi) is 5.60. The molecule has 0 radical (unpaired) electrons. The first-order chi connectivity index (χ1) is 8.47. The molecule has 0 bridgehead atoms. The van der Waals surface area contributed by atoms with Crippen molar-refractivity contribution in [2.75, 3.05) is 6.61 Å². The zero-order chi connectivity index (χ0) is 13.7. The SMILES string of the molecule is CCCOc1ccc(C)cc1C(C)C(C)C(N)=S. The van der Waals surface area contributed by atoms with Crippen LogP contribution in [0, 0.1) is 12.8 Å². The predicted octanol–water partition coefficient (Wildman–Crippen LogP) is 3.81. The van der Waals surface area contributed by atoms with Crippen LogP contribution >= 0.6 is 12.2 Å². The summed E-state index contributed by atoms with van der Waals surface area (Å²) in [5.41, 5.74) is 8.18. The van der Waals surface area contributed by atoms with E-state index in [2.05, 4.69) is 39.8 Å². The fourth-order valence-electron chi connectivity index (χ4n) is 1.88. The van der Waals surface area contributed by atoms with Gasteiger partial charge in [-0.05, 0) is 30.9 Å². The first kappa shape index (κ1) is 15.0. The lowest BCUT2D eigenvalue weighted by Crippen LogP contribution is -2.23. The summed E-state index contributed by atoms with van der Waals surface area (Å²) in [7, 11) is 0. The maximum atomic E-state index is 5.81. The van der Waals surface area contributed by atoms with Gasteiger partial charge in [0.05, 0.1) is 11.6 Å². The lowest BCUT2D eigenvalue weighted by atomic mass is 9.87. The molecule has 0 aliphatic heterocycles. The molecule has 1 aromatic carbocycles. The second kappa shape index (κ2) is 6.74. The second-order valence-corrected chi connectivity index (χ2v) is 5.34. The molecular weight excluding hydrogens is 242 g/mol. The number of thiocarbonyl (C=S) groups is 1. The molecule has 2 N–H and O–H groups in total. The van der Waals surface area contributed by atoms with Crippen molar-refractivity contribution in [1.82, 2.24) is 0 Å². The van der Waals surface area contributed by atoms with Crippen LogP contribution in [0.5, 0.6) is 5.75 Å². The normalized spacial score (nSPS) is 14.0. The van der Waals surface area contributed by atoms with E-state index in [-0.39, 0.29) is 11.8 Å². The molecule has 2 unspecified atom stereocenters. The zero-order valence-electron chi connectivity index (χ0n) is 11.7. The van der Waals surface area contributed by atoms with Gasteiger partial charge in [0.1, 0.15) is 5.75 Å². The molecule has 0 saturated heterocycles. The van der Waals surface area contributed by atoms with E-state index in [1.165, 1.54) is 11.1 Å². The molecule has 0 saturated carbocycles. The van der Waals surface area contributed by atoms with Crippen LogP contribution in [0.25, 0.3) is 0 Å². The quantitative estimate of drug-likeness (QED) is 0.794. The van der Waals surface area contributed by atoms with Gasteiger partial charge in [-0.2, -0.15) is 0 Å². The van der Waals surface area contributed by atoms with Crippen molar-refractivity contribution in [1.29, 1.82) is 0 Å². The number of hydrogen-bond acceptors (Lipinski definition) is 2. The number of rotatable bonds is 6. The highest BCUT2D eigenvalue weighted by Crippen LogP contribution is 2.32. The molecule has 0 fully saturated rings. The van der Waals surface area contributed by atoms with Gasteiger partial charge in [-0.25, -0.2) is 0 Å². The van der Waals surface area contributed by atoms with Crippen molar-refractivity contribution in [3.8, 4) is 5.75 Å². The van der Waals surface area contributed by atoms with Crippen molar-refractivity contribution in [3.05, 3.63) is 29.3 Å². The van der Waals surface area contributed by atoms with Gasteiger partial charge < -0.3 is 10.5 Å². The maximum Gasteiger partial charge on any atom is 0.122 e.